The summed E-state index contributed by atoms with van der Waals surface area (Å²) in [6, 6.07) is 15.1. The molecule has 0 saturated heterocycles. The van der Waals surface area contributed by atoms with E-state index >= 15 is 0 Å². The molecule has 0 amide bonds. The first-order valence-electron chi connectivity index (χ1n) is 6.60. The molecule has 19 heavy (non-hydrogen) atoms. The summed E-state index contributed by atoms with van der Waals surface area (Å²) in [5.41, 5.74) is 3.97. The van der Waals surface area contributed by atoms with Gasteiger partial charge in [-0.3, -0.25) is 0 Å². The molecular formula is C16H16BrNS. The Morgan fingerprint density at radius 2 is 1.79 bits per heavy atom. The highest BCUT2D eigenvalue weighted by Crippen LogP contribution is 2.45. The number of rotatable bonds is 4. The van der Waals surface area contributed by atoms with Crippen molar-refractivity contribution in [2.24, 2.45) is 0 Å². The number of alkyl halides is 1. The average Bonchev–Trinajstić information content (AvgIpc) is 2.46. The number of nitrogens with one attached hydrogen (secondary N) is 1. The molecule has 0 fully saturated rings. The fourth-order valence-corrected chi connectivity index (χ4v) is 3.77. The second-order valence-corrected chi connectivity index (χ2v) is 6.54. The molecule has 0 aliphatic carbocycles. The molecule has 0 aromatic heterocycles. The summed E-state index contributed by atoms with van der Waals surface area (Å²) in [6.07, 6.45) is 3.60. The van der Waals surface area contributed by atoms with Gasteiger partial charge in [0.1, 0.15) is 0 Å². The Balaban J connectivity index is 1.88. The van der Waals surface area contributed by atoms with Gasteiger partial charge in [-0.2, -0.15) is 0 Å². The molecule has 98 valence electrons. The van der Waals surface area contributed by atoms with Crippen LogP contribution in [0, 0.1) is 0 Å². The zero-order valence-electron chi connectivity index (χ0n) is 10.7. The van der Waals surface area contributed by atoms with Crippen LogP contribution in [0.1, 0.15) is 18.4 Å². The van der Waals surface area contributed by atoms with Crippen LogP contribution in [-0.2, 0) is 6.42 Å². The SMILES string of the molecule is BrCCCCc1cccc2c1Nc1ccccc1S2. The number of hydrogen-bond donors (Lipinski definition) is 1. The average molecular weight is 334 g/mol. The first kappa shape index (κ1) is 13.1. The van der Waals surface area contributed by atoms with E-state index in [1.807, 2.05) is 11.8 Å². The summed E-state index contributed by atoms with van der Waals surface area (Å²) in [5, 5.41) is 4.69. The first-order chi connectivity index (χ1) is 9.38. The van der Waals surface area contributed by atoms with Gasteiger partial charge >= 0.3 is 0 Å². The molecule has 0 unspecified atom stereocenters. The topological polar surface area (TPSA) is 12.0 Å². The lowest BCUT2D eigenvalue weighted by Gasteiger charge is -2.23. The van der Waals surface area contributed by atoms with Gasteiger partial charge in [0.15, 0.2) is 0 Å². The summed E-state index contributed by atoms with van der Waals surface area (Å²) >= 11 is 5.36. The quantitative estimate of drug-likeness (QED) is 0.491. The molecule has 1 N–H and O–H groups in total. The van der Waals surface area contributed by atoms with Crippen LogP contribution in [0.2, 0.25) is 0 Å². The van der Waals surface area contributed by atoms with Crippen LogP contribution in [0.15, 0.2) is 52.3 Å². The van der Waals surface area contributed by atoms with Crippen molar-refractivity contribution in [3.63, 3.8) is 0 Å². The molecule has 3 heteroatoms. The number of unbranched alkanes of at least 4 members (excludes halogenated alkanes) is 1. The molecule has 1 nitrogen and oxygen atoms in total. The molecule has 0 radical (unpaired) electrons. The second kappa shape index (κ2) is 6.02. The van der Waals surface area contributed by atoms with Gasteiger partial charge < -0.3 is 5.32 Å². The maximum Gasteiger partial charge on any atom is 0.0558 e. The summed E-state index contributed by atoms with van der Waals surface area (Å²) < 4.78 is 0. The monoisotopic (exact) mass is 333 g/mol. The first-order valence-corrected chi connectivity index (χ1v) is 8.54. The van der Waals surface area contributed by atoms with E-state index in [2.05, 4.69) is 63.7 Å². The summed E-state index contributed by atoms with van der Waals surface area (Å²) in [7, 11) is 0. The van der Waals surface area contributed by atoms with E-state index in [4.69, 9.17) is 0 Å². The Morgan fingerprint density at radius 3 is 2.68 bits per heavy atom. The zero-order valence-corrected chi connectivity index (χ0v) is 13.1. The third kappa shape index (κ3) is 2.82. The molecule has 2 aromatic carbocycles. The fourth-order valence-electron chi connectivity index (χ4n) is 2.33. The smallest absolute Gasteiger partial charge is 0.0558 e. The Bertz CT molecular complexity index is 583. The van der Waals surface area contributed by atoms with Crippen molar-refractivity contribution >= 4 is 39.1 Å². The molecule has 3 rings (SSSR count). The lowest BCUT2D eigenvalue weighted by Crippen LogP contribution is -2.03. The standard InChI is InChI=1S/C16H16BrNS/c17-11-4-3-6-12-7-5-10-15-16(12)18-13-8-1-2-9-14(13)19-15/h1-2,5,7-10,18H,3-4,6,11H2. The second-order valence-electron chi connectivity index (χ2n) is 4.66. The number of aryl methyl sites for hydroxylation is 1. The highest BCUT2D eigenvalue weighted by Gasteiger charge is 2.17. The van der Waals surface area contributed by atoms with Crippen LogP contribution in [0.25, 0.3) is 0 Å². The summed E-state index contributed by atoms with van der Waals surface area (Å²) in [6.45, 7) is 0. The van der Waals surface area contributed by atoms with E-state index in [0.29, 0.717) is 0 Å². The predicted molar refractivity (Wildman–Crippen MR) is 87.0 cm³/mol. The highest BCUT2D eigenvalue weighted by molar-refractivity contribution is 9.09. The van der Waals surface area contributed by atoms with Gasteiger partial charge in [-0.1, -0.05) is 52.0 Å². The number of fused-ring (bicyclic) bond motifs is 2. The van der Waals surface area contributed by atoms with Gasteiger partial charge in [0, 0.05) is 15.1 Å². The van der Waals surface area contributed by atoms with Crippen molar-refractivity contribution < 1.29 is 0 Å². The van der Waals surface area contributed by atoms with Gasteiger partial charge in [0.2, 0.25) is 0 Å². The van der Waals surface area contributed by atoms with Crippen LogP contribution in [0.5, 0.6) is 0 Å². The Labute approximate surface area is 126 Å². The Morgan fingerprint density at radius 1 is 0.947 bits per heavy atom. The maximum atomic E-state index is 3.60. The molecule has 1 heterocycles. The van der Waals surface area contributed by atoms with Crippen LogP contribution >= 0.6 is 27.7 Å². The van der Waals surface area contributed by atoms with E-state index < -0.39 is 0 Å². The summed E-state index contributed by atoms with van der Waals surface area (Å²) in [4.78, 5) is 2.66. The maximum absolute atomic E-state index is 3.60. The van der Waals surface area contributed by atoms with Crippen LogP contribution in [-0.4, -0.2) is 5.33 Å². The van der Waals surface area contributed by atoms with Gasteiger partial charge in [0.05, 0.1) is 11.4 Å². The van der Waals surface area contributed by atoms with Crippen LogP contribution in [0.3, 0.4) is 0 Å². The van der Waals surface area contributed by atoms with Gasteiger partial charge in [-0.25, -0.2) is 0 Å². The lowest BCUT2D eigenvalue weighted by atomic mass is 10.1. The normalized spacial score (nSPS) is 12.5. The van der Waals surface area contributed by atoms with Crippen LogP contribution < -0.4 is 5.32 Å². The molecule has 0 spiro atoms. The molecule has 0 bridgehead atoms. The van der Waals surface area contributed by atoms with E-state index in [1.165, 1.54) is 39.6 Å². The number of anilines is 2. The molecule has 1 aliphatic heterocycles. The van der Waals surface area contributed by atoms with Gasteiger partial charge in [0.25, 0.3) is 0 Å². The number of para-hydroxylation sites is 2. The highest BCUT2D eigenvalue weighted by atomic mass is 79.9. The molecule has 0 saturated carbocycles. The third-order valence-electron chi connectivity index (χ3n) is 3.31. The number of halogens is 1. The minimum absolute atomic E-state index is 1.09. The summed E-state index contributed by atoms with van der Waals surface area (Å²) in [5.74, 6) is 0. The van der Waals surface area contributed by atoms with Crippen molar-refractivity contribution in [2.75, 3.05) is 10.6 Å². The van der Waals surface area contributed by atoms with Crippen molar-refractivity contribution in [3.05, 3.63) is 48.0 Å². The largest absolute Gasteiger partial charge is 0.353 e. The third-order valence-corrected chi connectivity index (χ3v) is 5.01. The fraction of sp³-hybridized carbons (Fsp3) is 0.250. The minimum atomic E-state index is 1.09. The van der Waals surface area contributed by atoms with E-state index in [-0.39, 0.29) is 0 Å². The predicted octanol–water partition coefficient (Wildman–Crippen LogP) is 5.61. The molecular weight excluding hydrogens is 318 g/mol. The lowest BCUT2D eigenvalue weighted by molar-refractivity contribution is 0.805. The zero-order chi connectivity index (χ0) is 13.1. The van der Waals surface area contributed by atoms with E-state index in [0.717, 1.165) is 11.8 Å². The van der Waals surface area contributed by atoms with Gasteiger partial charge in [-0.05, 0) is 43.0 Å². The van der Waals surface area contributed by atoms with Crippen molar-refractivity contribution in [3.8, 4) is 0 Å². The van der Waals surface area contributed by atoms with E-state index in [1.54, 1.807) is 0 Å². The van der Waals surface area contributed by atoms with Crippen molar-refractivity contribution in [1.29, 1.82) is 0 Å². The molecule has 2 aromatic rings. The Kier molecular flexibility index (Phi) is 4.14. The number of benzene rings is 2. The molecule has 0 atom stereocenters. The molecule has 1 aliphatic rings. The van der Waals surface area contributed by atoms with Gasteiger partial charge in [-0.15, -0.1) is 0 Å². The van der Waals surface area contributed by atoms with E-state index in [9.17, 15) is 0 Å². The van der Waals surface area contributed by atoms with Crippen molar-refractivity contribution in [1.82, 2.24) is 0 Å². The Hall–Kier alpha value is -0.930. The number of hydrogen-bond acceptors (Lipinski definition) is 2. The van der Waals surface area contributed by atoms with Crippen molar-refractivity contribution in [2.45, 2.75) is 29.1 Å². The minimum Gasteiger partial charge on any atom is -0.353 e. The van der Waals surface area contributed by atoms with Crippen LogP contribution in [0.4, 0.5) is 11.4 Å².